The molecule has 0 saturated carbocycles. The van der Waals surface area contributed by atoms with Crippen LogP contribution in [0, 0.1) is 6.92 Å². The number of likely N-dealkylation sites (tertiary alicyclic amines) is 1. The molecule has 3 aromatic rings. The summed E-state index contributed by atoms with van der Waals surface area (Å²) in [5.74, 6) is -0.667. The van der Waals surface area contributed by atoms with Crippen molar-refractivity contribution in [3.63, 3.8) is 0 Å². The van der Waals surface area contributed by atoms with Crippen molar-refractivity contribution in [3.8, 4) is 11.3 Å². The van der Waals surface area contributed by atoms with Gasteiger partial charge in [-0.25, -0.2) is 9.78 Å². The summed E-state index contributed by atoms with van der Waals surface area (Å²) in [6.07, 6.45) is 3.06. The molecule has 1 aliphatic rings. The summed E-state index contributed by atoms with van der Waals surface area (Å²) in [5, 5.41) is 1.30. The van der Waals surface area contributed by atoms with E-state index in [0.717, 1.165) is 24.8 Å². The third-order valence-corrected chi connectivity index (χ3v) is 6.48. The van der Waals surface area contributed by atoms with Gasteiger partial charge in [0, 0.05) is 28.1 Å². The maximum absolute atomic E-state index is 13.2. The Morgan fingerprint density at radius 3 is 2.53 bits per heavy atom. The van der Waals surface area contributed by atoms with Gasteiger partial charge < -0.3 is 9.64 Å². The molecule has 0 bridgehead atoms. The minimum Gasteiger partial charge on any atom is -0.452 e. The Balaban J connectivity index is 1.66. The highest BCUT2D eigenvalue weighted by atomic mass is 35.5. The zero-order valence-corrected chi connectivity index (χ0v) is 19.4. The molecule has 166 valence electrons. The fourth-order valence-corrected chi connectivity index (χ4v) is 4.86. The molecule has 6 heteroatoms. The molecule has 1 fully saturated rings. The zero-order chi connectivity index (χ0) is 22.8. The molecule has 1 amide bonds. The van der Waals surface area contributed by atoms with E-state index >= 15 is 0 Å². The minimum atomic E-state index is -0.518. The largest absolute Gasteiger partial charge is 0.452 e. The van der Waals surface area contributed by atoms with Crippen molar-refractivity contribution >= 4 is 34.4 Å². The molecule has 0 spiro atoms. The van der Waals surface area contributed by atoms with Crippen LogP contribution in [0.5, 0.6) is 0 Å². The molecule has 32 heavy (non-hydrogen) atoms. The van der Waals surface area contributed by atoms with Crippen molar-refractivity contribution in [2.75, 3.05) is 6.61 Å². The predicted molar refractivity (Wildman–Crippen MR) is 127 cm³/mol. The quantitative estimate of drug-likeness (QED) is 0.470. The Bertz CT molecular complexity index is 1170. The smallest absolute Gasteiger partial charge is 0.339 e. The number of halogens is 1. The minimum absolute atomic E-state index is 0.149. The lowest BCUT2D eigenvalue weighted by atomic mass is 9.97. The van der Waals surface area contributed by atoms with Crippen molar-refractivity contribution in [2.24, 2.45) is 0 Å². The number of para-hydroxylation sites is 1. The molecule has 0 N–H and O–H groups in total. The van der Waals surface area contributed by atoms with Crippen molar-refractivity contribution in [1.82, 2.24) is 9.88 Å². The predicted octanol–water partition coefficient (Wildman–Crippen LogP) is 5.81. The number of pyridine rings is 1. The summed E-state index contributed by atoms with van der Waals surface area (Å²) >= 11 is 6.19. The number of amides is 1. The number of aromatic nitrogens is 1. The van der Waals surface area contributed by atoms with Crippen molar-refractivity contribution < 1.29 is 14.3 Å². The normalized spacial score (nSPS) is 18.6. The van der Waals surface area contributed by atoms with Crippen LogP contribution in [0.3, 0.4) is 0 Å². The first-order valence-corrected chi connectivity index (χ1v) is 11.4. The van der Waals surface area contributed by atoms with E-state index in [1.165, 1.54) is 0 Å². The van der Waals surface area contributed by atoms with E-state index in [4.69, 9.17) is 21.3 Å². The number of rotatable bonds is 4. The van der Waals surface area contributed by atoms with E-state index in [1.807, 2.05) is 68.1 Å². The summed E-state index contributed by atoms with van der Waals surface area (Å²) in [5.41, 5.74) is 3.30. The summed E-state index contributed by atoms with van der Waals surface area (Å²) in [6.45, 7) is 5.68. The average molecular weight is 451 g/mol. The van der Waals surface area contributed by atoms with Crippen LogP contribution >= 0.6 is 11.6 Å². The topological polar surface area (TPSA) is 59.5 Å². The highest BCUT2D eigenvalue weighted by Crippen LogP contribution is 2.31. The van der Waals surface area contributed by atoms with Gasteiger partial charge in [-0.2, -0.15) is 0 Å². The second kappa shape index (κ2) is 9.29. The van der Waals surface area contributed by atoms with Gasteiger partial charge in [-0.15, -0.1) is 0 Å². The molecule has 2 atom stereocenters. The standard InChI is InChI=1S/C26H27ClN2O3/c1-16-8-6-9-17(2)29(16)23(30)15-32-26(31)24-18(3)25(19-10-7-11-20(27)14-19)28-22-13-5-4-12-21(22)24/h4-5,7,10-14,16-17H,6,8-9,15H2,1-3H3. The maximum atomic E-state index is 13.2. The van der Waals surface area contributed by atoms with Crippen LogP contribution in [-0.2, 0) is 9.53 Å². The molecular weight excluding hydrogens is 424 g/mol. The first-order valence-electron chi connectivity index (χ1n) is 11.0. The van der Waals surface area contributed by atoms with Gasteiger partial charge in [0.2, 0.25) is 0 Å². The average Bonchev–Trinajstić information content (AvgIpc) is 2.77. The van der Waals surface area contributed by atoms with Crippen LogP contribution < -0.4 is 0 Å². The second-order valence-corrected chi connectivity index (χ2v) is 8.93. The molecule has 1 saturated heterocycles. The first kappa shape index (κ1) is 22.3. The molecule has 1 aromatic heterocycles. The number of hydrogen-bond donors (Lipinski definition) is 0. The first-order chi connectivity index (χ1) is 15.4. The number of esters is 1. The van der Waals surface area contributed by atoms with Gasteiger partial charge in [0.05, 0.1) is 16.8 Å². The third-order valence-electron chi connectivity index (χ3n) is 6.25. The van der Waals surface area contributed by atoms with Gasteiger partial charge in [-0.3, -0.25) is 4.79 Å². The monoisotopic (exact) mass is 450 g/mol. The number of piperidine rings is 1. The zero-order valence-electron chi connectivity index (χ0n) is 18.6. The molecular formula is C26H27ClN2O3. The molecule has 4 rings (SSSR count). The molecule has 2 heterocycles. The molecule has 5 nitrogen and oxygen atoms in total. The Kier molecular flexibility index (Phi) is 6.47. The van der Waals surface area contributed by atoms with E-state index in [-0.39, 0.29) is 24.6 Å². The summed E-state index contributed by atoms with van der Waals surface area (Å²) in [7, 11) is 0. The van der Waals surface area contributed by atoms with E-state index < -0.39 is 5.97 Å². The number of nitrogens with zero attached hydrogens (tertiary/aromatic N) is 2. The summed E-state index contributed by atoms with van der Waals surface area (Å²) in [6, 6.07) is 15.1. The van der Waals surface area contributed by atoms with Crippen molar-refractivity contribution in [2.45, 2.75) is 52.1 Å². The summed E-state index contributed by atoms with van der Waals surface area (Å²) in [4.78, 5) is 32.7. The van der Waals surface area contributed by atoms with Crippen LogP contribution in [-0.4, -0.2) is 40.5 Å². The summed E-state index contributed by atoms with van der Waals surface area (Å²) < 4.78 is 5.56. The fourth-order valence-electron chi connectivity index (χ4n) is 4.67. The Labute approximate surface area is 193 Å². The SMILES string of the molecule is Cc1c(-c2cccc(Cl)c2)nc2ccccc2c1C(=O)OCC(=O)N1C(C)CCCC1C. The highest BCUT2D eigenvalue weighted by molar-refractivity contribution is 6.30. The van der Waals surface area contributed by atoms with Crippen LogP contribution in [0.1, 0.15) is 49.0 Å². The van der Waals surface area contributed by atoms with Gasteiger partial charge in [0.1, 0.15) is 0 Å². The van der Waals surface area contributed by atoms with Crippen LogP contribution in [0.25, 0.3) is 22.2 Å². The number of carbonyl (C=O) groups is 2. The molecule has 0 radical (unpaired) electrons. The second-order valence-electron chi connectivity index (χ2n) is 8.49. The lowest BCUT2D eigenvalue weighted by Crippen LogP contribution is -2.49. The Hall–Kier alpha value is -2.92. The number of carbonyl (C=O) groups excluding carboxylic acids is 2. The number of fused-ring (bicyclic) bond motifs is 1. The Morgan fingerprint density at radius 2 is 1.81 bits per heavy atom. The van der Waals surface area contributed by atoms with E-state index in [9.17, 15) is 9.59 Å². The Morgan fingerprint density at radius 1 is 1.09 bits per heavy atom. The van der Waals surface area contributed by atoms with Crippen molar-refractivity contribution in [1.29, 1.82) is 0 Å². The molecule has 2 unspecified atom stereocenters. The van der Waals surface area contributed by atoms with Gasteiger partial charge >= 0.3 is 5.97 Å². The fraction of sp³-hybridized carbons (Fsp3) is 0.346. The lowest BCUT2D eigenvalue weighted by Gasteiger charge is -2.38. The third kappa shape index (κ3) is 4.35. The molecule has 1 aliphatic heterocycles. The van der Waals surface area contributed by atoms with Gasteiger partial charge in [0.15, 0.2) is 6.61 Å². The van der Waals surface area contributed by atoms with Crippen LogP contribution in [0.4, 0.5) is 0 Å². The number of ether oxygens (including phenoxy) is 1. The number of hydrogen-bond acceptors (Lipinski definition) is 4. The van der Waals surface area contributed by atoms with Gasteiger partial charge in [0.25, 0.3) is 5.91 Å². The van der Waals surface area contributed by atoms with Crippen LogP contribution in [0.15, 0.2) is 48.5 Å². The number of benzene rings is 2. The highest BCUT2D eigenvalue weighted by Gasteiger charge is 2.30. The van der Waals surface area contributed by atoms with Gasteiger partial charge in [-0.05, 0) is 63.8 Å². The van der Waals surface area contributed by atoms with E-state index in [2.05, 4.69) is 0 Å². The lowest BCUT2D eigenvalue weighted by molar-refractivity contribution is -0.140. The van der Waals surface area contributed by atoms with E-state index in [1.54, 1.807) is 6.07 Å². The van der Waals surface area contributed by atoms with Crippen LogP contribution in [0.2, 0.25) is 5.02 Å². The maximum Gasteiger partial charge on any atom is 0.339 e. The molecule has 0 aliphatic carbocycles. The molecule has 2 aromatic carbocycles. The van der Waals surface area contributed by atoms with Crippen molar-refractivity contribution in [3.05, 3.63) is 64.7 Å². The van der Waals surface area contributed by atoms with E-state index in [0.29, 0.717) is 32.7 Å². The van der Waals surface area contributed by atoms with Gasteiger partial charge in [-0.1, -0.05) is 41.9 Å².